The average Bonchev–Trinajstić information content (AvgIpc) is 2.95. The minimum atomic E-state index is -0.341. The van der Waals surface area contributed by atoms with Gasteiger partial charge in [0.05, 0.1) is 44.3 Å². The minimum absolute atomic E-state index is 0.0148. The molecule has 1 N–H and O–H groups in total. The molecule has 0 radical (unpaired) electrons. The van der Waals surface area contributed by atoms with Crippen LogP contribution in [0.2, 0.25) is 5.02 Å². The van der Waals surface area contributed by atoms with Crippen LogP contribution in [-0.2, 0) is 33.8 Å². The summed E-state index contributed by atoms with van der Waals surface area (Å²) in [4.78, 5) is 15.4. The molecule has 7 nitrogen and oxygen atoms in total. The number of H-pyrrole nitrogens is 1. The molecule has 0 saturated carbocycles. The third-order valence-corrected chi connectivity index (χ3v) is 6.89. The Morgan fingerprint density at radius 3 is 2.39 bits per heavy atom. The first-order valence-corrected chi connectivity index (χ1v) is 13.1. The normalized spacial score (nSPS) is 19.3. The summed E-state index contributed by atoms with van der Waals surface area (Å²) in [5.74, 6) is 0.490. The van der Waals surface area contributed by atoms with Gasteiger partial charge in [0.1, 0.15) is 0 Å². The lowest BCUT2D eigenvalue weighted by molar-refractivity contribution is -0.142. The van der Waals surface area contributed by atoms with Gasteiger partial charge in [-0.3, -0.25) is 4.79 Å². The lowest BCUT2D eigenvalue weighted by atomic mass is 9.94. The summed E-state index contributed by atoms with van der Waals surface area (Å²) in [5, 5.41) is 7.05. The molecule has 1 fully saturated rings. The van der Waals surface area contributed by atoms with Crippen molar-refractivity contribution in [3.63, 3.8) is 0 Å². The maximum atomic E-state index is 11.3. The van der Waals surface area contributed by atoms with Gasteiger partial charge in [0.15, 0.2) is 5.82 Å². The molecular weight excluding hydrogens is 502 g/mol. The molecule has 0 aliphatic carbocycles. The molecule has 1 aromatic heterocycles. The highest BCUT2D eigenvalue weighted by molar-refractivity contribution is 6.31. The van der Waals surface area contributed by atoms with Crippen LogP contribution in [0.4, 0.5) is 0 Å². The lowest BCUT2D eigenvalue weighted by Crippen LogP contribution is -2.35. The molecule has 2 heterocycles. The van der Waals surface area contributed by atoms with Crippen molar-refractivity contribution >= 4 is 11.6 Å². The van der Waals surface area contributed by atoms with E-state index in [0.717, 1.165) is 35.1 Å². The van der Waals surface area contributed by atoms with Crippen molar-refractivity contribution in [2.45, 2.75) is 50.8 Å². The molecule has 0 bridgehead atoms. The molecular formula is C30H30ClN3O4. The SMILES string of the molecule is O=c1cnc(Cc2cc(C3CC(OCc4ccccc4)CC(COCc4ccccc4)O3)ccc2Cl)n[nH]1. The van der Waals surface area contributed by atoms with Crippen LogP contribution in [0.5, 0.6) is 0 Å². The van der Waals surface area contributed by atoms with Crippen LogP contribution in [-0.4, -0.2) is 34.0 Å². The van der Waals surface area contributed by atoms with E-state index in [4.69, 9.17) is 25.8 Å². The Hall–Kier alpha value is -3.36. The first-order valence-electron chi connectivity index (χ1n) is 12.7. The molecule has 38 heavy (non-hydrogen) atoms. The first kappa shape index (κ1) is 26.3. The minimum Gasteiger partial charge on any atom is -0.374 e. The predicted molar refractivity (Wildman–Crippen MR) is 145 cm³/mol. The van der Waals surface area contributed by atoms with E-state index in [-0.39, 0.29) is 23.9 Å². The summed E-state index contributed by atoms with van der Waals surface area (Å²) in [6.45, 7) is 1.55. The monoisotopic (exact) mass is 531 g/mol. The van der Waals surface area contributed by atoms with E-state index in [1.807, 2.05) is 54.6 Å². The van der Waals surface area contributed by atoms with Crippen molar-refractivity contribution in [3.05, 3.63) is 129 Å². The summed E-state index contributed by atoms with van der Waals surface area (Å²) in [6, 6.07) is 26.2. The third-order valence-electron chi connectivity index (χ3n) is 6.52. The van der Waals surface area contributed by atoms with Gasteiger partial charge in [-0.2, -0.15) is 5.10 Å². The average molecular weight is 532 g/mol. The Morgan fingerprint density at radius 1 is 0.947 bits per heavy atom. The molecule has 8 heteroatoms. The zero-order valence-electron chi connectivity index (χ0n) is 21.0. The molecule has 4 aromatic rings. The first-order chi connectivity index (χ1) is 18.6. The largest absolute Gasteiger partial charge is 0.374 e. The Bertz CT molecular complexity index is 1350. The topological polar surface area (TPSA) is 86.3 Å². The second kappa shape index (κ2) is 12.9. The van der Waals surface area contributed by atoms with E-state index in [2.05, 4.69) is 39.4 Å². The van der Waals surface area contributed by atoms with Gasteiger partial charge in [0.2, 0.25) is 0 Å². The zero-order chi connectivity index (χ0) is 26.2. The standard InChI is InChI=1S/C30H30ClN3O4/c31-27-12-11-23(13-24(27)14-29-32-17-30(35)34-33-29)28-16-25(37-19-22-9-5-2-6-10-22)15-26(38-28)20-36-18-21-7-3-1-4-8-21/h1-13,17,25-26,28H,14-16,18-20H2,(H,34,35). The molecule has 1 aliphatic rings. The van der Waals surface area contributed by atoms with Gasteiger partial charge >= 0.3 is 0 Å². The second-order valence-corrected chi connectivity index (χ2v) is 9.83. The number of nitrogens with zero attached hydrogens (tertiary/aromatic N) is 2. The highest BCUT2D eigenvalue weighted by Crippen LogP contribution is 2.35. The Labute approximate surface area is 226 Å². The number of hydrogen-bond donors (Lipinski definition) is 1. The molecule has 5 rings (SSSR count). The van der Waals surface area contributed by atoms with Gasteiger partial charge in [-0.25, -0.2) is 10.1 Å². The van der Waals surface area contributed by atoms with Crippen LogP contribution in [0.1, 0.15) is 47.0 Å². The van der Waals surface area contributed by atoms with Crippen LogP contribution in [0.3, 0.4) is 0 Å². The van der Waals surface area contributed by atoms with Crippen LogP contribution >= 0.6 is 11.6 Å². The highest BCUT2D eigenvalue weighted by atomic mass is 35.5. The van der Waals surface area contributed by atoms with E-state index in [0.29, 0.717) is 37.1 Å². The number of halogens is 1. The van der Waals surface area contributed by atoms with Crippen LogP contribution in [0.25, 0.3) is 0 Å². The van der Waals surface area contributed by atoms with Crippen LogP contribution < -0.4 is 5.56 Å². The number of hydrogen-bond acceptors (Lipinski definition) is 6. The second-order valence-electron chi connectivity index (χ2n) is 9.43. The number of benzene rings is 3. The van der Waals surface area contributed by atoms with Gasteiger partial charge in [0, 0.05) is 24.3 Å². The quantitative estimate of drug-likeness (QED) is 0.293. The summed E-state index contributed by atoms with van der Waals surface area (Å²) < 4.78 is 18.9. The maximum Gasteiger partial charge on any atom is 0.282 e. The van der Waals surface area contributed by atoms with Gasteiger partial charge in [-0.15, -0.1) is 0 Å². The number of ether oxygens (including phenoxy) is 3. The Kier molecular flexibility index (Phi) is 8.94. The van der Waals surface area contributed by atoms with Gasteiger partial charge < -0.3 is 14.2 Å². The van der Waals surface area contributed by atoms with Crippen LogP contribution in [0.15, 0.2) is 89.9 Å². The summed E-state index contributed by atoms with van der Waals surface area (Å²) >= 11 is 6.50. The smallest absolute Gasteiger partial charge is 0.282 e. The summed E-state index contributed by atoms with van der Waals surface area (Å²) in [5.41, 5.74) is 3.80. The lowest BCUT2D eigenvalue weighted by Gasteiger charge is -2.36. The number of aromatic nitrogens is 3. The van der Waals surface area contributed by atoms with E-state index >= 15 is 0 Å². The molecule has 0 spiro atoms. The van der Waals surface area contributed by atoms with Crippen molar-refractivity contribution in [1.82, 2.24) is 15.2 Å². The van der Waals surface area contributed by atoms with E-state index in [9.17, 15) is 4.79 Å². The summed E-state index contributed by atoms with van der Waals surface area (Å²) in [7, 11) is 0. The molecule has 0 amide bonds. The Morgan fingerprint density at radius 2 is 1.68 bits per heavy atom. The van der Waals surface area contributed by atoms with E-state index < -0.39 is 0 Å². The van der Waals surface area contributed by atoms with E-state index in [1.54, 1.807) is 0 Å². The van der Waals surface area contributed by atoms with Crippen molar-refractivity contribution in [1.29, 1.82) is 0 Å². The summed E-state index contributed by atoms with van der Waals surface area (Å²) in [6.07, 6.45) is 2.82. The molecule has 3 atom stereocenters. The van der Waals surface area contributed by atoms with Crippen molar-refractivity contribution < 1.29 is 14.2 Å². The number of rotatable bonds is 10. The molecule has 3 unspecified atom stereocenters. The predicted octanol–water partition coefficient (Wildman–Crippen LogP) is 5.43. The van der Waals surface area contributed by atoms with Gasteiger partial charge in [-0.1, -0.05) is 84.4 Å². The van der Waals surface area contributed by atoms with Gasteiger partial charge in [-0.05, 0) is 28.3 Å². The fourth-order valence-electron chi connectivity index (χ4n) is 4.60. The molecule has 1 aliphatic heterocycles. The fourth-order valence-corrected chi connectivity index (χ4v) is 4.78. The number of nitrogens with one attached hydrogen (secondary N) is 1. The van der Waals surface area contributed by atoms with Crippen molar-refractivity contribution in [2.75, 3.05) is 6.61 Å². The third kappa shape index (κ3) is 7.36. The number of aromatic amines is 1. The van der Waals surface area contributed by atoms with Crippen LogP contribution in [0, 0.1) is 0 Å². The van der Waals surface area contributed by atoms with Crippen molar-refractivity contribution in [2.24, 2.45) is 0 Å². The zero-order valence-corrected chi connectivity index (χ0v) is 21.7. The van der Waals surface area contributed by atoms with E-state index in [1.165, 1.54) is 6.20 Å². The fraction of sp³-hybridized carbons (Fsp3) is 0.300. The molecule has 196 valence electrons. The molecule has 3 aromatic carbocycles. The van der Waals surface area contributed by atoms with Crippen molar-refractivity contribution in [3.8, 4) is 0 Å². The Balaban J connectivity index is 1.29. The highest BCUT2D eigenvalue weighted by Gasteiger charge is 2.31. The molecule has 1 saturated heterocycles. The maximum absolute atomic E-state index is 11.3. The van der Waals surface area contributed by atoms with Gasteiger partial charge in [0.25, 0.3) is 5.56 Å².